The zero-order chi connectivity index (χ0) is 10.8. The normalized spacial score (nSPS) is 20.4. The summed E-state index contributed by atoms with van der Waals surface area (Å²) in [6, 6.07) is 2.18. The molecule has 1 unspecified atom stereocenters. The molecule has 1 aromatic heterocycles. The van der Waals surface area contributed by atoms with Crippen molar-refractivity contribution in [1.29, 1.82) is 0 Å². The van der Waals surface area contributed by atoms with Crippen LogP contribution >= 0.6 is 12.4 Å². The van der Waals surface area contributed by atoms with Crippen LogP contribution < -0.4 is 5.32 Å². The maximum absolute atomic E-state index is 12.0. The molecule has 1 aromatic rings. The van der Waals surface area contributed by atoms with Crippen molar-refractivity contribution in [3.05, 3.63) is 23.7 Å². The summed E-state index contributed by atoms with van der Waals surface area (Å²) in [4.78, 5) is 13.9. The molecule has 1 aliphatic heterocycles. The summed E-state index contributed by atoms with van der Waals surface area (Å²) in [7, 11) is 0. The van der Waals surface area contributed by atoms with Gasteiger partial charge in [0.15, 0.2) is 5.76 Å². The summed E-state index contributed by atoms with van der Waals surface area (Å²) in [5.74, 6) is 0.481. The predicted molar refractivity (Wildman–Crippen MR) is 64.1 cm³/mol. The molecule has 2 rings (SSSR count). The van der Waals surface area contributed by atoms with Gasteiger partial charge in [-0.05, 0) is 19.9 Å². The van der Waals surface area contributed by atoms with Crippen LogP contribution in [-0.2, 0) is 0 Å². The van der Waals surface area contributed by atoms with Crippen LogP contribution in [0.3, 0.4) is 0 Å². The van der Waals surface area contributed by atoms with Crippen LogP contribution in [0.15, 0.2) is 16.7 Å². The molecule has 1 aliphatic rings. The number of nitrogens with zero attached hydrogens (tertiary/aromatic N) is 1. The number of amides is 1. The average Bonchev–Trinajstić information content (AvgIpc) is 2.63. The topological polar surface area (TPSA) is 45.5 Å². The van der Waals surface area contributed by atoms with Crippen molar-refractivity contribution >= 4 is 18.3 Å². The molecule has 2 heterocycles. The van der Waals surface area contributed by atoms with Gasteiger partial charge in [-0.15, -0.1) is 12.4 Å². The van der Waals surface area contributed by atoms with Gasteiger partial charge in [0.25, 0.3) is 5.91 Å². The van der Waals surface area contributed by atoms with Crippen molar-refractivity contribution in [2.75, 3.05) is 19.6 Å². The van der Waals surface area contributed by atoms with Crippen LogP contribution in [0.1, 0.15) is 23.0 Å². The summed E-state index contributed by atoms with van der Waals surface area (Å²) in [6.45, 7) is 6.33. The van der Waals surface area contributed by atoms with E-state index >= 15 is 0 Å². The van der Waals surface area contributed by atoms with Crippen molar-refractivity contribution in [2.45, 2.75) is 19.9 Å². The predicted octanol–water partition coefficient (Wildman–Crippen LogP) is 1.44. The van der Waals surface area contributed by atoms with Crippen molar-refractivity contribution in [3.8, 4) is 0 Å². The van der Waals surface area contributed by atoms with Gasteiger partial charge in [-0.3, -0.25) is 4.79 Å². The number of piperazine rings is 1. The first-order valence-corrected chi connectivity index (χ1v) is 5.25. The molecular formula is C11H17ClN2O2. The Bertz CT molecular complexity index is 365. The Morgan fingerprint density at radius 1 is 1.62 bits per heavy atom. The minimum atomic E-state index is 0. The number of halogens is 1. The van der Waals surface area contributed by atoms with E-state index in [1.807, 2.05) is 17.9 Å². The van der Waals surface area contributed by atoms with E-state index in [9.17, 15) is 4.79 Å². The van der Waals surface area contributed by atoms with Crippen LogP contribution in [0.4, 0.5) is 0 Å². The lowest BCUT2D eigenvalue weighted by Crippen LogP contribution is -2.51. The molecule has 1 N–H and O–H groups in total. The number of nitrogens with one attached hydrogen (secondary N) is 1. The second kappa shape index (κ2) is 5.37. The number of carbonyl (C=O) groups is 1. The highest BCUT2D eigenvalue weighted by molar-refractivity contribution is 5.92. The molecule has 0 radical (unpaired) electrons. The van der Waals surface area contributed by atoms with Gasteiger partial charge >= 0.3 is 0 Å². The van der Waals surface area contributed by atoms with E-state index in [4.69, 9.17) is 4.42 Å². The molecule has 90 valence electrons. The van der Waals surface area contributed by atoms with E-state index in [-0.39, 0.29) is 18.3 Å². The molecule has 0 bridgehead atoms. The van der Waals surface area contributed by atoms with E-state index in [1.54, 1.807) is 6.26 Å². The second-order valence-electron chi connectivity index (χ2n) is 4.04. The quantitative estimate of drug-likeness (QED) is 0.813. The van der Waals surface area contributed by atoms with Gasteiger partial charge in [0.05, 0.1) is 6.26 Å². The summed E-state index contributed by atoms with van der Waals surface area (Å²) < 4.78 is 5.20. The Kier molecular flexibility index (Phi) is 4.38. The first-order valence-electron chi connectivity index (χ1n) is 5.25. The SMILES string of the molecule is Cc1ccoc1C(=O)N1CCNC(C)C1.Cl. The Morgan fingerprint density at radius 3 is 2.94 bits per heavy atom. The summed E-state index contributed by atoms with van der Waals surface area (Å²) in [6.07, 6.45) is 1.56. The number of furan rings is 1. The van der Waals surface area contributed by atoms with E-state index in [0.29, 0.717) is 11.8 Å². The molecule has 0 saturated carbocycles. The van der Waals surface area contributed by atoms with Crippen molar-refractivity contribution in [2.24, 2.45) is 0 Å². The third-order valence-corrected chi connectivity index (χ3v) is 2.71. The number of rotatable bonds is 1. The molecule has 1 fully saturated rings. The monoisotopic (exact) mass is 244 g/mol. The molecule has 0 spiro atoms. The summed E-state index contributed by atoms with van der Waals surface area (Å²) in [5.41, 5.74) is 0.909. The minimum absolute atomic E-state index is 0. The van der Waals surface area contributed by atoms with Crippen molar-refractivity contribution in [3.63, 3.8) is 0 Å². The van der Waals surface area contributed by atoms with Gasteiger partial charge in [0.1, 0.15) is 0 Å². The number of hydrogen-bond acceptors (Lipinski definition) is 3. The van der Waals surface area contributed by atoms with Crippen LogP contribution in [-0.4, -0.2) is 36.5 Å². The van der Waals surface area contributed by atoms with E-state index < -0.39 is 0 Å². The fourth-order valence-corrected chi connectivity index (χ4v) is 1.85. The van der Waals surface area contributed by atoms with Crippen LogP contribution in [0.25, 0.3) is 0 Å². The fourth-order valence-electron chi connectivity index (χ4n) is 1.85. The minimum Gasteiger partial charge on any atom is -0.459 e. The second-order valence-corrected chi connectivity index (χ2v) is 4.04. The molecular weight excluding hydrogens is 228 g/mol. The maximum Gasteiger partial charge on any atom is 0.289 e. The van der Waals surface area contributed by atoms with E-state index in [0.717, 1.165) is 25.2 Å². The Balaban J connectivity index is 0.00000128. The van der Waals surface area contributed by atoms with Gasteiger partial charge in [0.2, 0.25) is 0 Å². The maximum atomic E-state index is 12.0. The van der Waals surface area contributed by atoms with Crippen molar-refractivity contribution in [1.82, 2.24) is 10.2 Å². The molecule has 1 amide bonds. The summed E-state index contributed by atoms with van der Waals surface area (Å²) >= 11 is 0. The molecule has 0 aromatic carbocycles. The highest BCUT2D eigenvalue weighted by Gasteiger charge is 2.24. The van der Waals surface area contributed by atoms with Crippen molar-refractivity contribution < 1.29 is 9.21 Å². The molecule has 0 aliphatic carbocycles. The molecule has 1 atom stereocenters. The van der Waals surface area contributed by atoms with Crippen LogP contribution in [0.5, 0.6) is 0 Å². The lowest BCUT2D eigenvalue weighted by molar-refractivity contribution is 0.0676. The number of carbonyl (C=O) groups excluding carboxylic acids is 1. The first kappa shape index (κ1) is 13.1. The third-order valence-electron chi connectivity index (χ3n) is 2.71. The highest BCUT2D eigenvalue weighted by Crippen LogP contribution is 2.13. The molecule has 5 heteroatoms. The smallest absolute Gasteiger partial charge is 0.289 e. The van der Waals surface area contributed by atoms with Gasteiger partial charge in [-0.25, -0.2) is 0 Å². The van der Waals surface area contributed by atoms with Crippen LogP contribution in [0, 0.1) is 6.92 Å². The van der Waals surface area contributed by atoms with Gasteiger partial charge in [-0.2, -0.15) is 0 Å². The molecule has 16 heavy (non-hydrogen) atoms. The fraction of sp³-hybridized carbons (Fsp3) is 0.545. The lowest BCUT2D eigenvalue weighted by atomic mass is 10.2. The van der Waals surface area contributed by atoms with Gasteiger partial charge in [-0.1, -0.05) is 0 Å². The zero-order valence-corrected chi connectivity index (χ0v) is 10.3. The van der Waals surface area contributed by atoms with E-state index in [1.165, 1.54) is 0 Å². The highest BCUT2D eigenvalue weighted by atomic mass is 35.5. The molecule has 4 nitrogen and oxygen atoms in total. The standard InChI is InChI=1S/C11H16N2O2.ClH/c1-8-3-6-15-10(8)11(14)13-5-4-12-9(2)7-13;/h3,6,9,12H,4-5,7H2,1-2H3;1H. The summed E-state index contributed by atoms with van der Waals surface area (Å²) in [5, 5.41) is 3.30. The zero-order valence-electron chi connectivity index (χ0n) is 9.53. The van der Waals surface area contributed by atoms with Gasteiger partial charge in [0, 0.05) is 31.2 Å². The number of aryl methyl sites for hydroxylation is 1. The number of hydrogen-bond donors (Lipinski definition) is 1. The average molecular weight is 245 g/mol. The molecule has 1 saturated heterocycles. The lowest BCUT2D eigenvalue weighted by Gasteiger charge is -2.31. The Hall–Kier alpha value is -1.00. The first-order chi connectivity index (χ1) is 7.18. The van der Waals surface area contributed by atoms with Gasteiger partial charge < -0.3 is 14.6 Å². The van der Waals surface area contributed by atoms with Crippen LogP contribution in [0.2, 0.25) is 0 Å². The third kappa shape index (κ3) is 2.57. The Labute approximate surface area is 101 Å². The Morgan fingerprint density at radius 2 is 2.38 bits per heavy atom. The van der Waals surface area contributed by atoms with E-state index in [2.05, 4.69) is 12.2 Å². The largest absolute Gasteiger partial charge is 0.459 e.